The van der Waals surface area contributed by atoms with Gasteiger partial charge in [0.15, 0.2) is 0 Å². The Morgan fingerprint density at radius 1 is 1.08 bits per heavy atom. The maximum absolute atomic E-state index is 12.4. The number of nitrogens with one attached hydrogen (secondary N) is 3. The van der Waals surface area contributed by atoms with Crippen LogP contribution >= 0.6 is 0 Å². The number of carbonyl (C=O) groups is 3. The smallest absolute Gasteiger partial charge is 0.259 e. The summed E-state index contributed by atoms with van der Waals surface area (Å²) in [4.78, 5) is 35.7. The van der Waals surface area contributed by atoms with Gasteiger partial charge in [0, 0.05) is 18.2 Å². The van der Waals surface area contributed by atoms with Crippen LogP contribution in [-0.4, -0.2) is 24.3 Å². The van der Waals surface area contributed by atoms with Gasteiger partial charge in [-0.05, 0) is 42.3 Å². The summed E-state index contributed by atoms with van der Waals surface area (Å²) >= 11 is 0. The predicted molar refractivity (Wildman–Crippen MR) is 92.4 cm³/mol. The van der Waals surface area contributed by atoms with Crippen molar-refractivity contribution in [2.45, 2.75) is 18.9 Å². The van der Waals surface area contributed by atoms with E-state index in [0.29, 0.717) is 23.2 Å². The van der Waals surface area contributed by atoms with Crippen molar-refractivity contribution in [1.29, 1.82) is 0 Å². The Bertz CT molecular complexity index is 891. The van der Waals surface area contributed by atoms with E-state index in [1.807, 2.05) is 18.2 Å². The molecule has 3 N–H and O–H groups in total. The molecule has 4 rings (SSSR count). The summed E-state index contributed by atoms with van der Waals surface area (Å²) in [7, 11) is 0. The standard InChI is InChI=1S/C19H17N3O3/c23-17(10-16-13-4-2-1-3-11(13)7-8-20-16)21-12-5-6-14-15(9-12)19(25)22-18(14)24/h1-6,9,16,20H,7-8,10H2,(H,21,23)(H,22,24,25). The molecule has 6 heteroatoms. The number of imide groups is 1. The van der Waals surface area contributed by atoms with Gasteiger partial charge < -0.3 is 10.6 Å². The highest BCUT2D eigenvalue weighted by atomic mass is 16.2. The molecule has 126 valence electrons. The number of rotatable bonds is 3. The molecule has 2 aromatic carbocycles. The minimum Gasteiger partial charge on any atom is -0.326 e. The van der Waals surface area contributed by atoms with E-state index >= 15 is 0 Å². The van der Waals surface area contributed by atoms with Crippen molar-refractivity contribution in [2.75, 3.05) is 11.9 Å². The van der Waals surface area contributed by atoms with Crippen LogP contribution in [-0.2, 0) is 11.2 Å². The highest BCUT2D eigenvalue weighted by Crippen LogP contribution is 2.26. The molecule has 0 saturated heterocycles. The van der Waals surface area contributed by atoms with Gasteiger partial charge in [-0.25, -0.2) is 0 Å². The van der Waals surface area contributed by atoms with E-state index in [-0.39, 0.29) is 11.9 Å². The van der Waals surface area contributed by atoms with Crippen LogP contribution in [0.2, 0.25) is 0 Å². The second-order valence-electron chi connectivity index (χ2n) is 6.25. The van der Waals surface area contributed by atoms with Gasteiger partial charge in [0.1, 0.15) is 0 Å². The third kappa shape index (κ3) is 2.92. The van der Waals surface area contributed by atoms with E-state index < -0.39 is 11.8 Å². The monoisotopic (exact) mass is 335 g/mol. The van der Waals surface area contributed by atoms with Crippen molar-refractivity contribution in [2.24, 2.45) is 0 Å². The molecule has 0 fully saturated rings. The van der Waals surface area contributed by atoms with Gasteiger partial charge in [-0.3, -0.25) is 19.7 Å². The van der Waals surface area contributed by atoms with Crippen LogP contribution in [0.4, 0.5) is 5.69 Å². The van der Waals surface area contributed by atoms with Crippen LogP contribution < -0.4 is 16.0 Å². The summed E-state index contributed by atoms with van der Waals surface area (Å²) in [6.45, 7) is 0.843. The van der Waals surface area contributed by atoms with E-state index in [9.17, 15) is 14.4 Å². The lowest BCUT2D eigenvalue weighted by Gasteiger charge is -2.26. The highest BCUT2D eigenvalue weighted by Gasteiger charge is 2.27. The molecule has 6 nitrogen and oxygen atoms in total. The summed E-state index contributed by atoms with van der Waals surface area (Å²) in [5.74, 6) is -0.973. The zero-order chi connectivity index (χ0) is 17.4. The summed E-state index contributed by atoms with van der Waals surface area (Å²) < 4.78 is 0. The van der Waals surface area contributed by atoms with Gasteiger partial charge in [-0.2, -0.15) is 0 Å². The molecule has 2 heterocycles. The minimum absolute atomic E-state index is 0.0238. The van der Waals surface area contributed by atoms with E-state index in [2.05, 4.69) is 22.0 Å². The number of hydrogen-bond acceptors (Lipinski definition) is 4. The lowest BCUT2D eigenvalue weighted by molar-refractivity contribution is -0.116. The Hall–Kier alpha value is -2.99. The van der Waals surface area contributed by atoms with Gasteiger partial charge in [-0.15, -0.1) is 0 Å². The van der Waals surface area contributed by atoms with Crippen molar-refractivity contribution < 1.29 is 14.4 Å². The number of amides is 3. The first-order chi connectivity index (χ1) is 12.1. The van der Waals surface area contributed by atoms with E-state index in [0.717, 1.165) is 18.5 Å². The first-order valence-corrected chi connectivity index (χ1v) is 8.22. The number of anilines is 1. The second kappa shape index (κ2) is 6.14. The van der Waals surface area contributed by atoms with Gasteiger partial charge in [0.05, 0.1) is 11.1 Å². The number of carbonyl (C=O) groups excluding carboxylic acids is 3. The zero-order valence-corrected chi connectivity index (χ0v) is 13.5. The lowest BCUT2D eigenvalue weighted by atomic mass is 9.92. The first kappa shape index (κ1) is 15.5. The molecule has 0 bridgehead atoms. The molecule has 1 atom stereocenters. The van der Waals surface area contributed by atoms with Gasteiger partial charge >= 0.3 is 0 Å². The van der Waals surface area contributed by atoms with Crippen LogP contribution in [0.5, 0.6) is 0 Å². The molecule has 0 aromatic heterocycles. The predicted octanol–water partition coefficient (Wildman–Crippen LogP) is 1.79. The number of hydrogen-bond donors (Lipinski definition) is 3. The minimum atomic E-state index is -0.432. The van der Waals surface area contributed by atoms with Crippen LogP contribution in [0.15, 0.2) is 42.5 Å². The summed E-state index contributed by atoms with van der Waals surface area (Å²) in [6, 6.07) is 12.8. The fourth-order valence-electron chi connectivity index (χ4n) is 3.42. The summed E-state index contributed by atoms with van der Waals surface area (Å²) in [5, 5.41) is 8.43. The normalized spacial score (nSPS) is 18.3. The number of benzene rings is 2. The molecule has 25 heavy (non-hydrogen) atoms. The van der Waals surface area contributed by atoms with E-state index in [1.165, 1.54) is 11.6 Å². The lowest BCUT2D eigenvalue weighted by Crippen LogP contribution is -2.32. The molecule has 1 unspecified atom stereocenters. The van der Waals surface area contributed by atoms with E-state index in [4.69, 9.17) is 0 Å². The largest absolute Gasteiger partial charge is 0.326 e. The van der Waals surface area contributed by atoms with Gasteiger partial charge in [0.2, 0.25) is 5.91 Å². The van der Waals surface area contributed by atoms with Gasteiger partial charge in [-0.1, -0.05) is 24.3 Å². The Morgan fingerprint density at radius 2 is 1.88 bits per heavy atom. The molecule has 0 radical (unpaired) electrons. The average molecular weight is 335 g/mol. The van der Waals surface area contributed by atoms with Crippen molar-refractivity contribution in [3.05, 3.63) is 64.7 Å². The third-order valence-corrected chi connectivity index (χ3v) is 4.62. The molecule has 2 aliphatic rings. The Labute approximate surface area is 144 Å². The molecule has 3 amide bonds. The third-order valence-electron chi connectivity index (χ3n) is 4.62. The molecule has 0 spiro atoms. The van der Waals surface area contributed by atoms with Crippen molar-refractivity contribution in [3.8, 4) is 0 Å². The van der Waals surface area contributed by atoms with Gasteiger partial charge in [0.25, 0.3) is 11.8 Å². The molecule has 2 aromatic rings. The highest BCUT2D eigenvalue weighted by molar-refractivity contribution is 6.22. The maximum Gasteiger partial charge on any atom is 0.259 e. The SMILES string of the molecule is O=C(CC1NCCc2ccccc21)Nc1ccc2c(c1)C(=O)NC2=O. The fourth-order valence-corrected chi connectivity index (χ4v) is 3.42. The van der Waals surface area contributed by atoms with Crippen LogP contribution in [0.3, 0.4) is 0 Å². The topological polar surface area (TPSA) is 87.3 Å². The van der Waals surface area contributed by atoms with Crippen molar-refractivity contribution >= 4 is 23.4 Å². The van der Waals surface area contributed by atoms with Crippen molar-refractivity contribution in [1.82, 2.24) is 10.6 Å². The molecule has 2 aliphatic heterocycles. The molecular formula is C19H17N3O3. The second-order valence-corrected chi connectivity index (χ2v) is 6.25. The Balaban J connectivity index is 1.48. The van der Waals surface area contributed by atoms with Crippen LogP contribution in [0, 0.1) is 0 Å². The van der Waals surface area contributed by atoms with E-state index in [1.54, 1.807) is 12.1 Å². The average Bonchev–Trinajstić information content (AvgIpc) is 2.89. The quantitative estimate of drug-likeness (QED) is 0.746. The Morgan fingerprint density at radius 3 is 2.76 bits per heavy atom. The van der Waals surface area contributed by atoms with Crippen LogP contribution in [0.25, 0.3) is 0 Å². The molecular weight excluding hydrogens is 318 g/mol. The van der Waals surface area contributed by atoms with Crippen LogP contribution in [0.1, 0.15) is 44.3 Å². The fraction of sp³-hybridized carbons (Fsp3) is 0.211. The molecule has 0 aliphatic carbocycles. The number of fused-ring (bicyclic) bond motifs is 2. The summed E-state index contributed by atoms with van der Waals surface area (Å²) in [6.07, 6.45) is 1.27. The first-order valence-electron chi connectivity index (χ1n) is 8.22. The zero-order valence-electron chi connectivity index (χ0n) is 13.5. The Kier molecular flexibility index (Phi) is 3.82. The summed E-state index contributed by atoms with van der Waals surface area (Å²) in [5.41, 5.74) is 3.57. The molecule has 0 saturated carbocycles. The maximum atomic E-state index is 12.4. The van der Waals surface area contributed by atoms with Crippen molar-refractivity contribution in [3.63, 3.8) is 0 Å².